The Morgan fingerprint density at radius 2 is 2.33 bits per heavy atom. The van der Waals surface area contributed by atoms with E-state index >= 15 is 0 Å². The Hall–Kier alpha value is -1.03. The summed E-state index contributed by atoms with van der Waals surface area (Å²) in [5.74, 6) is 0. The zero-order chi connectivity index (χ0) is 10.7. The Balaban J connectivity index is 2.01. The average molecular weight is 208 g/mol. The molecule has 1 N–H and O–H groups in total. The molecule has 1 aliphatic rings. The number of hydrogen-bond acceptors (Lipinski definition) is 3. The Bertz CT molecular complexity index is 307. The van der Waals surface area contributed by atoms with E-state index in [-0.39, 0.29) is 0 Å². The van der Waals surface area contributed by atoms with Crippen molar-refractivity contribution in [1.29, 1.82) is 0 Å². The number of nitrogens with zero attached hydrogens (tertiary/aromatic N) is 3. The number of aromatic nitrogens is 2. The molecule has 0 saturated carbocycles. The van der Waals surface area contributed by atoms with E-state index in [1.54, 1.807) is 0 Å². The predicted molar refractivity (Wildman–Crippen MR) is 62.1 cm³/mol. The minimum Gasteiger partial charge on any atom is -0.369 e. The van der Waals surface area contributed by atoms with Crippen LogP contribution in [0.2, 0.25) is 0 Å². The molecule has 15 heavy (non-hydrogen) atoms. The third-order valence-corrected chi connectivity index (χ3v) is 2.99. The second-order valence-corrected chi connectivity index (χ2v) is 4.36. The first-order chi connectivity index (χ1) is 7.25. The monoisotopic (exact) mass is 208 g/mol. The van der Waals surface area contributed by atoms with E-state index in [1.807, 2.05) is 17.9 Å². The van der Waals surface area contributed by atoms with Gasteiger partial charge in [0.15, 0.2) is 0 Å². The normalized spacial score (nSPS) is 23.6. The lowest BCUT2D eigenvalue weighted by atomic mass is 10.2. The molecular weight excluding hydrogens is 188 g/mol. The van der Waals surface area contributed by atoms with E-state index in [1.165, 1.54) is 18.5 Å². The van der Waals surface area contributed by atoms with Crippen LogP contribution in [-0.2, 0) is 7.05 Å². The van der Waals surface area contributed by atoms with E-state index in [0.29, 0.717) is 6.04 Å². The summed E-state index contributed by atoms with van der Waals surface area (Å²) < 4.78 is 1.87. The van der Waals surface area contributed by atoms with E-state index in [4.69, 9.17) is 0 Å². The molecule has 0 spiro atoms. The van der Waals surface area contributed by atoms with Gasteiger partial charge in [-0.1, -0.05) is 0 Å². The lowest BCUT2D eigenvalue weighted by Crippen LogP contribution is -2.38. The highest BCUT2D eigenvalue weighted by Gasteiger charge is 2.12. The first kappa shape index (κ1) is 10.5. The fourth-order valence-electron chi connectivity index (χ4n) is 2.01. The first-order valence-corrected chi connectivity index (χ1v) is 5.72. The van der Waals surface area contributed by atoms with E-state index in [9.17, 15) is 0 Å². The maximum Gasteiger partial charge on any atom is 0.0752 e. The van der Waals surface area contributed by atoms with Gasteiger partial charge in [0, 0.05) is 32.4 Å². The fourth-order valence-corrected chi connectivity index (χ4v) is 2.01. The highest BCUT2D eigenvalue weighted by molar-refractivity contribution is 5.42. The van der Waals surface area contributed by atoms with Crippen LogP contribution < -0.4 is 10.2 Å². The van der Waals surface area contributed by atoms with Crippen molar-refractivity contribution in [2.24, 2.45) is 7.05 Å². The summed E-state index contributed by atoms with van der Waals surface area (Å²) in [6, 6.07) is 0.629. The molecular formula is C11H20N4. The van der Waals surface area contributed by atoms with Gasteiger partial charge in [-0.05, 0) is 26.3 Å². The average Bonchev–Trinajstić information content (AvgIpc) is 2.59. The predicted octanol–water partition coefficient (Wildman–Crippen LogP) is 0.998. The molecule has 2 rings (SSSR count). The van der Waals surface area contributed by atoms with Gasteiger partial charge in [0.25, 0.3) is 0 Å². The molecule has 0 aromatic carbocycles. The van der Waals surface area contributed by atoms with Gasteiger partial charge in [0.2, 0.25) is 0 Å². The molecule has 1 atom stereocenters. The summed E-state index contributed by atoms with van der Waals surface area (Å²) >= 11 is 0. The highest BCUT2D eigenvalue weighted by atomic mass is 15.3. The first-order valence-electron chi connectivity index (χ1n) is 5.72. The lowest BCUT2D eigenvalue weighted by Gasteiger charge is -2.28. The molecule has 84 valence electrons. The van der Waals surface area contributed by atoms with Gasteiger partial charge >= 0.3 is 0 Å². The van der Waals surface area contributed by atoms with Crippen molar-refractivity contribution in [2.75, 3.05) is 24.5 Å². The number of anilines is 1. The fraction of sp³-hybridized carbons (Fsp3) is 0.727. The number of rotatable bonds is 1. The molecule has 1 aromatic rings. The maximum absolute atomic E-state index is 4.22. The summed E-state index contributed by atoms with van der Waals surface area (Å²) in [6.07, 6.45) is 6.47. The molecule has 0 aliphatic carbocycles. The van der Waals surface area contributed by atoms with Gasteiger partial charge < -0.3 is 10.2 Å². The second-order valence-electron chi connectivity index (χ2n) is 4.36. The lowest BCUT2D eigenvalue weighted by molar-refractivity contribution is 0.475. The van der Waals surface area contributed by atoms with Crippen molar-refractivity contribution in [3.05, 3.63) is 12.4 Å². The van der Waals surface area contributed by atoms with Crippen LogP contribution in [0.3, 0.4) is 0 Å². The molecule has 1 aliphatic heterocycles. The van der Waals surface area contributed by atoms with Crippen LogP contribution in [0.5, 0.6) is 0 Å². The van der Waals surface area contributed by atoms with Gasteiger partial charge in [0.1, 0.15) is 0 Å². The molecule has 4 heteroatoms. The van der Waals surface area contributed by atoms with Crippen LogP contribution >= 0.6 is 0 Å². The maximum atomic E-state index is 4.22. The molecule has 1 unspecified atom stereocenters. The summed E-state index contributed by atoms with van der Waals surface area (Å²) in [4.78, 5) is 2.43. The zero-order valence-corrected chi connectivity index (χ0v) is 9.61. The number of aryl methyl sites for hydroxylation is 1. The van der Waals surface area contributed by atoms with Crippen molar-refractivity contribution in [2.45, 2.75) is 25.8 Å². The standard InChI is InChI=1S/C11H20N4/c1-10-4-7-15(6-3-5-12-10)11-8-13-14(2)9-11/h8-10,12H,3-7H2,1-2H3. The van der Waals surface area contributed by atoms with Crippen molar-refractivity contribution < 1.29 is 0 Å². The van der Waals surface area contributed by atoms with E-state index < -0.39 is 0 Å². The molecule has 1 aromatic heterocycles. The summed E-state index contributed by atoms with van der Waals surface area (Å²) in [6.45, 7) is 5.63. The minimum atomic E-state index is 0.629. The molecule has 0 radical (unpaired) electrons. The molecule has 1 saturated heterocycles. The van der Waals surface area contributed by atoms with Gasteiger partial charge in [-0.15, -0.1) is 0 Å². The molecule has 0 amide bonds. The number of nitrogens with one attached hydrogen (secondary N) is 1. The van der Waals surface area contributed by atoms with Gasteiger partial charge in [-0.3, -0.25) is 4.68 Å². The van der Waals surface area contributed by atoms with E-state index in [0.717, 1.165) is 19.6 Å². The number of hydrogen-bond donors (Lipinski definition) is 1. The van der Waals surface area contributed by atoms with Crippen molar-refractivity contribution >= 4 is 5.69 Å². The third-order valence-electron chi connectivity index (χ3n) is 2.99. The minimum absolute atomic E-state index is 0.629. The topological polar surface area (TPSA) is 33.1 Å². The molecule has 1 fully saturated rings. The van der Waals surface area contributed by atoms with E-state index in [2.05, 4.69) is 28.4 Å². The van der Waals surface area contributed by atoms with Crippen molar-refractivity contribution in [1.82, 2.24) is 15.1 Å². The quantitative estimate of drug-likeness (QED) is 0.747. The Morgan fingerprint density at radius 3 is 3.07 bits per heavy atom. The van der Waals surface area contributed by atoms with Crippen LogP contribution in [0.4, 0.5) is 5.69 Å². The summed E-state index contributed by atoms with van der Waals surface area (Å²) in [5.41, 5.74) is 1.26. The second kappa shape index (κ2) is 4.66. The Labute approximate surface area is 91.3 Å². The van der Waals surface area contributed by atoms with Gasteiger partial charge in [0.05, 0.1) is 11.9 Å². The van der Waals surface area contributed by atoms with Crippen LogP contribution in [0.1, 0.15) is 19.8 Å². The van der Waals surface area contributed by atoms with Gasteiger partial charge in [-0.2, -0.15) is 5.10 Å². The van der Waals surface area contributed by atoms with Crippen LogP contribution in [0.15, 0.2) is 12.4 Å². The van der Waals surface area contributed by atoms with Gasteiger partial charge in [-0.25, -0.2) is 0 Å². The third kappa shape index (κ3) is 2.72. The SMILES string of the molecule is CC1CCN(c2cnn(C)c2)CCCN1. The van der Waals surface area contributed by atoms with Crippen LogP contribution in [0, 0.1) is 0 Å². The van der Waals surface area contributed by atoms with Crippen molar-refractivity contribution in [3.8, 4) is 0 Å². The summed E-state index contributed by atoms with van der Waals surface area (Å²) in [7, 11) is 1.97. The zero-order valence-electron chi connectivity index (χ0n) is 9.61. The molecule has 0 bridgehead atoms. The molecule has 2 heterocycles. The Kier molecular flexibility index (Phi) is 3.26. The smallest absolute Gasteiger partial charge is 0.0752 e. The largest absolute Gasteiger partial charge is 0.369 e. The molecule has 4 nitrogen and oxygen atoms in total. The summed E-state index contributed by atoms with van der Waals surface area (Å²) in [5, 5.41) is 7.74. The van der Waals surface area contributed by atoms with Crippen LogP contribution in [0.25, 0.3) is 0 Å². The highest BCUT2D eigenvalue weighted by Crippen LogP contribution is 2.14. The van der Waals surface area contributed by atoms with Crippen molar-refractivity contribution in [3.63, 3.8) is 0 Å². The Morgan fingerprint density at radius 1 is 1.47 bits per heavy atom. The van der Waals surface area contributed by atoms with Crippen LogP contribution in [-0.4, -0.2) is 35.5 Å².